The molecule has 0 spiro atoms. The first-order chi connectivity index (χ1) is 9.77. The number of carbonyl (C=O) groups excluding carboxylic acids is 1. The largest absolute Gasteiger partial charge is 0.481 e. The summed E-state index contributed by atoms with van der Waals surface area (Å²) in [7, 11) is 0. The van der Waals surface area contributed by atoms with Crippen LogP contribution in [0, 0.1) is 29.2 Å². The van der Waals surface area contributed by atoms with Gasteiger partial charge in [0.1, 0.15) is 5.69 Å². The topological polar surface area (TPSA) is 78.4 Å². The van der Waals surface area contributed by atoms with Crippen LogP contribution in [0.1, 0.15) is 13.3 Å². The van der Waals surface area contributed by atoms with Crippen molar-refractivity contribution in [2.45, 2.75) is 13.3 Å². The second-order valence-electron chi connectivity index (χ2n) is 4.12. The van der Waals surface area contributed by atoms with Gasteiger partial charge in [0.25, 0.3) is 0 Å². The second-order valence-corrected chi connectivity index (χ2v) is 4.12. The number of nitrogens with one attached hydrogen (secondary N) is 2. The fourth-order valence-electron chi connectivity index (χ4n) is 1.46. The second kappa shape index (κ2) is 6.91. The first-order valence-electron chi connectivity index (χ1n) is 5.88. The quantitative estimate of drug-likeness (QED) is 0.577. The van der Waals surface area contributed by atoms with Crippen molar-refractivity contribution in [3.05, 3.63) is 29.3 Å². The van der Waals surface area contributed by atoms with Crippen molar-refractivity contribution in [3.63, 3.8) is 0 Å². The number of aliphatic carboxylic acids is 1. The molecule has 1 atom stereocenters. The number of amides is 2. The predicted octanol–water partition coefficient (Wildman–Crippen LogP) is 2.48. The van der Waals surface area contributed by atoms with Crippen LogP contribution in [0.5, 0.6) is 0 Å². The van der Waals surface area contributed by atoms with Crippen LogP contribution in [0.3, 0.4) is 0 Å². The molecule has 9 heteroatoms. The van der Waals surface area contributed by atoms with E-state index in [0.717, 1.165) is 0 Å². The number of hydrogen-bond acceptors (Lipinski definition) is 2. The minimum absolute atomic E-state index is 0.00525. The summed E-state index contributed by atoms with van der Waals surface area (Å²) in [5.41, 5.74) is -1.28. The number of hydrogen-bond donors (Lipinski definition) is 3. The van der Waals surface area contributed by atoms with Crippen molar-refractivity contribution >= 4 is 17.7 Å². The smallest absolute Gasteiger partial charge is 0.319 e. The van der Waals surface area contributed by atoms with E-state index < -0.39 is 46.9 Å². The van der Waals surface area contributed by atoms with E-state index in [9.17, 15) is 27.2 Å². The van der Waals surface area contributed by atoms with E-state index >= 15 is 0 Å². The maximum atomic E-state index is 13.3. The molecule has 1 aromatic carbocycles. The third-order valence-corrected chi connectivity index (χ3v) is 2.70. The Balaban J connectivity index is 2.78. The number of urea groups is 1. The molecule has 116 valence electrons. The van der Waals surface area contributed by atoms with Crippen LogP contribution in [-0.4, -0.2) is 23.7 Å². The van der Waals surface area contributed by atoms with Gasteiger partial charge in [0.15, 0.2) is 23.3 Å². The highest BCUT2D eigenvalue weighted by Gasteiger charge is 2.22. The summed E-state index contributed by atoms with van der Waals surface area (Å²) in [6.07, 6.45) is 0.215. The third-order valence-electron chi connectivity index (χ3n) is 2.70. The van der Waals surface area contributed by atoms with Gasteiger partial charge in [-0.25, -0.2) is 22.4 Å². The summed E-state index contributed by atoms with van der Waals surface area (Å²) in [5, 5.41) is 12.4. The van der Waals surface area contributed by atoms with Crippen molar-refractivity contribution in [1.29, 1.82) is 0 Å². The normalized spacial score (nSPS) is 11.9. The zero-order valence-electron chi connectivity index (χ0n) is 10.8. The molecule has 0 aromatic heterocycles. The number of carboxylic acids is 1. The Morgan fingerprint density at radius 1 is 1.19 bits per heavy atom. The number of rotatable bonds is 5. The predicted molar refractivity (Wildman–Crippen MR) is 64.7 cm³/mol. The molecular weight excluding hydrogens is 296 g/mol. The van der Waals surface area contributed by atoms with E-state index in [-0.39, 0.29) is 19.0 Å². The summed E-state index contributed by atoms with van der Waals surface area (Å²) in [5.74, 6) is -8.90. The van der Waals surface area contributed by atoms with Crippen LogP contribution in [0.15, 0.2) is 6.07 Å². The average Bonchev–Trinajstić information content (AvgIpc) is 2.41. The highest BCUT2D eigenvalue weighted by Crippen LogP contribution is 2.23. The Morgan fingerprint density at radius 2 is 1.71 bits per heavy atom. The van der Waals surface area contributed by atoms with Gasteiger partial charge in [0.05, 0.1) is 5.92 Å². The van der Waals surface area contributed by atoms with E-state index in [4.69, 9.17) is 5.11 Å². The summed E-state index contributed by atoms with van der Waals surface area (Å²) >= 11 is 0. The molecule has 1 unspecified atom stereocenters. The fourth-order valence-corrected chi connectivity index (χ4v) is 1.46. The molecule has 2 amide bonds. The van der Waals surface area contributed by atoms with Gasteiger partial charge < -0.3 is 15.7 Å². The molecule has 0 aliphatic heterocycles. The lowest BCUT2D eigenvalue weighted by Crippen LogP contribution is -2.36. The van der Waals surface area contributed by atoms with Crippen LogP contribution in [0.4, 0.5) is 28.0 Å². The van der Waals surface area contributed by atoms with E-state index in [1.54, 1.807) is 12.2 Å². The molecule has 0 saturated heterocycles. The zero-order chi connectivity index (χ0) is 16.2. The Labute approximate surface area is 117 Å². The molecular formula is C12H12F4N2O3. The molecule has 0 fully saturated rings. The van der Waals surface area contributed by atoms with E-state index in [2.05, 4.69) is 0 Å². The highest BCUT2D eigenvalue weighted by atomic mass is 19.2. The first kappa shape index (κ1) is 16.7. The minimum atomic E-state index is -1.76. The molecule has 0 aliphatic carbocycles. The molecule has 0 bridgehead atoms. The van der Waals surface area contributed by atoms with Gasteiger partial charge in [-0.05, 0) is 6.42 Å². The number of benzene rings is 1. The molecule has 1 rings (SSSR count). The highest BCUT2D eigenvalue weighted by molar-refractivity contribution is 5.89. The van der Waals surface area contributed by atoms with Gasteiger partial charge in [-0.15, -0.1) is 0 Å². The van der Waals surface area contributed by atoms with Crippen LogP contribution in [0.25, 0.3) is 0 Å². The molecule has 3 N–H and O–H groups in total. The first-order valence-corrected chi connectivity index (χ1v) is 5.88. The maximum Gasteiger partial charge on any atom is 0.319 e. The standard InChI is InChI=1S/C12H12F4N2O3/c1-2-5(11(19)20)4-17-12(21)18-10-8(15)6(13)3-7(14)9(10)16/h3,5H,2,4H2,1H3,(H,19,20)(H2,17,18,21). The Bertz CT molecular complexity index is 540. The van der Waals surface area contributed by atoms with Crippen LogP contribution in [0.2, 0.25) is 0 Å². The van der Waals surface area contributed by atoms with E-state index in [0.29, 0.717) is 0 Å². The molecule has 0 saturated carbocycles. The van der Waals surface area contributed by atoms with E-state index in [1.165, 1.54) is 0 Å². The fraction of sp³-hybridized carbons (Fsp3) is 0.333. The van der Waals surface area contributed by atoms with E-state index in [1.807, 2.05) is 5.32 Å². The summed E-state index contributed by atoms with van der Waals surface area (Å²) < 4.78 is 52.4. The SMILES string of the molecule is CCC(CNC(=O)Nc1c(F)c(F)cc(F)c1F)C(=O)O. The average molecular weight is 308 g/mol. The Kier molecular flexibility index (Phi) is 5.51. The number of carbonyl (C=O) groups is 2. The van der Waals surface area contributed by atoms with Gasteiger partial charge >= 0.3 is 12.0 Å². The lowest BCUT2D eigenvalue weighted by Gasteiger charge is -2.13. The number of halogens is 4. The van der Waals surface area contributed by atoms with Crippen molar-refractivity contribution < 1.29 is 32.3 Å². The molecule has 0 heterocycles. The van der Waals surface area contributed by atoms with Crippen molar-refractivity contribution in [3.8, 4) is 0 Å². The lowest BCUT2D eigenvalue weighted by molar-refractivity contribution is -0.141. The van der Waals surface area contributed by atoms with Gasteiger partial charge in [0.2, 0.25) is 0 Å². The van der Waals surface area contributed by atoms with Crippen LogP contribution < -0.4 is 10.6 Å². The van der Waals surface area contributed by atoms with Crippen molar-refractivity contribution in [2.75, 3.05) is 11.9 Å². The third kappa shape index (κ3) is 4.07. The molecule has 21 heavy (non-hydrogen) atoms. The summed E-state index contributed by atoms with van der Waals surface area (Å²) in [6, 6.07) is -1.18. The minimum Gasteiger partial charge on any atom is -0.481 e. The van der Waals surface area contributed by atoms with Crippen molar-refractivity contribution in [2.24, 2.45) is 5.92 Å². The Hall–Kier alpha value is -2.32. The van der Waals surface area contributed by atoms with Gasteiger partial charge in [0, 0.05) is 12.6 Å². The zero-order valence-corrected chi connectivity index (χ0v) is 10.8. The monoisotopic (exact) mass is 308 g/mol. The summed E-state index contributed by atoms with van der Waals surface area (Å²) in [4.78, 5) is 22.1. The van der Waals surface area contributed by atoms with Gasteiger partial charge in [-0.2, -0.15) is 0 Å². The van der Waals surface area contributed by atoms with Crippen LogP contribution in [-0.2, 0) is 4.79 Å². The molecule has 1 aromatic rings. The maximum absolute atomic E-state index is 13.3. The lowest BCUT2D eigenvalue weighted by atomic mass is 10.1. The molecule has 0 radical (unpaired) electrons. The van der Waals surface area contributed by atoms with Gasteiger partial charge in [-0.1, -0.05) is 6.92 Å². The summed E-state index contributed by atoms with van der Waals surface area (Å²) in [6.45, 7) is 1.26. The number of carboxylic acid groups (broad SMARTS) is 1. The molecule has 5 nitrogen and oxygen atoms in total. The Morgan fingerprint density at radius 3 is 2.14 bits per heavy atom. The number of anilines is 1. The van der Waals surface area contributed by atoms with Crippen molar-refractivity contribution in [1.82, 2.24) is 5.32 Å². The molecule has 0 aliphatic rings. The van der Waals surface area contributed by atoms with Crippen LogP contribution >= 0.6 is 0 Å². The van der Waals surface area contributed by atoms with Gasteiger partial charge in [-0.3, -0.25) is 4.79 Å².